The molecule has 0 aromatic carbocycles. The van der Waals surface area contributed by atoms with Crippen LogP contribution >= 0.6 is 0 Å². The predicted octanol–water partition coefficient (Wildman–Crippen LogP) is 0.887. The molecule has 0 spiro atoms. The molecule has 0 amide bonds. The van der Waals surface area contributed by atoms with Crippen molar-refractivity contribution in [3.05, 3.63) is 11.8 Å². The van der Waals surface area contributed by atoms with Crippen molar-refractivity contribution in [3.63, 3.8) is 0 Å². The smallest absolute Gasteiger partial charge is 0.337 e. The van der Waals surface area contributed by atoms with Gasteiger partial charge in [0, 0.05) is 18.9 Å². The maximum Gasteiger partial charge on any atom is 0.337 e. The van der Waals surface area contributed by atoms with E-state index < -0.39 is 0 Å². The molecular weight excluding hydrogens is 252 g/mol. The molecule has 0 saturated heterocycles. The fourth-order valence-electron chi connectivity index (χ4n) is 2.31. The van der Waals surface area contributed by atoms with Crippen molar-refractivity contribution >= 4 is 12.4 Å². The number of aliphatic hydroxyl groups is 1. The van der Waals surface area contributed by atoms with Crippen LogP contribution in [0.15, 0.2) is 11.8 Å². The van der Waals surface area contributed by atoms with Gasteiger partial charge in [-0.25, -0.2) is 4.79 Å². The van der Waals surface area contributed by atoms with Crippen LogP contribution in [-0.4, -0.2) is 45.5 Å². The topological polar surface area (TPSA) is 82.1 Å². The molecule has 6 heteroatoms. The number of hydrogen-bond acceptors (Lipinski definition) is 6. The van der Waals surface area contributed by atoms with E-state index in [4.69, 9.17) is 19.4 Å². The van der Waals surface area contributed by atoms with Gasteiger partial charge < -0.3 is 19.3 Å². The molecule has 110 valence electrons. The van der Waals surface area contributed by atoms with E-state index in [2.05, 4.69) is 4.74 Å². The minimum Gasteiger partial charge on any atom is -0.500 e. The lowest BCUT2D eigenvalue weighted by Gasteiger charge is -2.25. The summed E-state index contributed by atoms with van der Waals surface area (Å²) in [6.07, 6.45) is 5.07. The summed E-state index contributed by atoms with van der Waals surface area (Å²) in [6, 6.07) is 0. The third-order valence-corrected chi connectivity index (χ3v) is 3.10. The average molecular weight is 274 g/mol. The molecule has 6 nitrogen and oxygen atoms in total. The molecule has 1 aliphatic heterocycles. The van der Waals surface area contributed by atoms with Gasteiger partial charge in [0.05, 0.1) is 32.7 Å². The van der Waals surface area contributed by atoms with Crippen molar-refractivity contribution in [1.29, 1.82) is 0 Å². The first-order valence-electron chi connectivity index (χ1n) is 6.05. The number of esters is 1. The van der Waals surface area contributed by atoms with Gasteiger partial charge in [0.25, 0.3) is 6.47 Å². The third kappa shape index (κ3) is 5.30. The van der Waals surface area contributed by atoms with E-state index in [0.717, 1.165) is 25.7 Å². The van der Waals surface area contributed by atoms with Gasteiger partial charge in [-0.05, 0) is 12.8 Å². The van der Waals surface area contributed by atoms with E-state index in [-0.39, 0.29) is 5.97 Å². The van der Waals surface area contributed by atoms with E-state index in [9.17, 15) is 4.79 Å². The maximum atomic E-state index is 11.3. The van der Waals surface area contributed by atoms with Crippen molar-refractivity contribution < 1.29 is 28.9 Å². The number of aliphatic hydroxyl groups excluding tert-OH is 1. The Bertz CT molecular complexity index is 300. The van der Waals surface area contributed by atoms with Crippen molar-refractivity contribution in [2.75, 3.05) is 27.9 Å². The van der Waals surface area contributed by atoms with Gasteiger partial charge in [0.2, 0.25) is 0 Å². The average Bonchev–Trinajstić information content (AvgIpc) is 2.97. The molecule has 0 radical (unpaired) electrons. The van der Waals surface area contributed by atoms with E-state index >= 15 is 0 Å². The molecule has 0 aromatic rings. The van der Waals surface area contributed by atoms with Gasteiger partial charge in [0.1, 0.15) is 0 Å². The number of ether oxygens (including phenoxy) is 3. The maximum absolute atomic E-state index is 11.3. The monoisotopic (exact) mass is 274 g/mol. The van der Waals surface area contributed by atoms with E-state index in [1.54, 1.807) is 6.26 Å². The third-order valence-electron chi connectivity index (χ3n) is 3.10. The quantitative estimate of drug-likeness (QED) is 0.595. The Morgan fingerprint density at radius 2 is 2.05 bits per heavy atom. The highest BCUT2D eigenvalue weighted by molar-refractivity contribution is 5.88. The Hall–Kier alpha value is -1.56. The van der Waals surface area contributed by atoms with Crippen LogP contribution in [0.5, 0.6) is 0 Å². The SMILES string of the molecule is CO.COC(=O)C1=COCC2CCCC12.COC=O. The standard InChI is InChI=1S/C10H14O3.C2H4O2.CH4O/c1-12-10(11)9-6-13-5-7-3-2-4-8(7)9;1-4-2-3;1-2/h6-8H,2-5H2,1H3;2H,1H3;2H,1H3. The lowest BCUT2D eigenvalue weighted by atomic mass is 9.88. The zero-order valence-electron chi connectivity index (χ0n) is 11.6. The first kappa shape index (κ1) is 17.4. The Labute approximate surface area is 113 Å². The largest absolute Gasteiger partial charge is 0.500 e. The van der Waals surface area contributed by atoms with Crippen LogP contribution in [0.4, 0.5) is 0 Å². The first-order chi connectivity index (χ1) is 9.24. The summed E-state index contributed by atoms with van der Waals surface area (Å²) in [5, 5.41) is 7.00. The second-order valence-corrected chi connectivity index (χ2v) is 4.03. The predicted molar refractivity (Wildman–Crippen MR) is 68.1 cm³/mol. The Morgan fingerprint density at radius 3 is 2.58 bits per heavy atom. The first-order valence-corrected chi connectivity index (χ1v) is 6.05. The van der Waals surface area contributed by atoms with Gasteiger partial charge in [-0.15, -0.1) is 0 Å². The summed E-state index contributed by atoms with van der Waals surface area (Å²) < 4.78 is 13.8. The highest BCUT2D eigenvalue weighted by Gasteiger charge is 2.36. The van der Waals surface area contributed by atoms with Gasteiger partial charge >= 0.3 is 5.97 Å². The van der Waals surface area contributed by atoms with Gasteiger partial charge in [-0.3, -0.25) is 4.79 Å². The van der Waals surface area contributed by atoms with Crippen molar-refractivity contribution in [1.82, 2.24) is 0 Å². The fraction of sp³-hybridized carbons (Fsp3) is 0.692. The number of rotatable bonds is 2. The number of carbonyl (C=O) groups excluding carboxylic acids is 2. The molecule has 0 aromatic heterocycles. The molecule has 0 bridgehead atoms. The number of hydrogen-bond donors (Lipinski definition) is 1. The highest BCUT2D eigenvalue weighted by atomic mass is 16.5. The molecule has 1 saturated carbocycles. The fourth-order valence-corrected chi connectivity index (χ4v) is 2.31. The molecular formula is C13H22O6. The molecule has 2 unspecified atom stereocenters. The van der Waals surface area contributed by atoms with E-state index in [1.807, 2.05) is 0 Å². The highest BCUT2D eigenvalue weighted by Crippen LogP contribution is 2.39. The molecule has 2 atom stereocenters. The minimum absolute atomic E-state index is 0.225. The van der Waals surface area contributed by atoms with Crippen LogP contribution in [0.1, 0.15) is 19.3 Å². The summed E-state index contributed by atoms with van der Waals surface area (Å²) in [7, 11) is 3.73. The molecule has 2 aliphatic rings. The van der Waals surface area contributed by atoms with Crippen LogP contribution in [0.25, 0.3) is 0 Å². The van der Waals surface area contributed by atoms with E-state index in [0.29, 0.717) is 18.3 Å². The molecule has 1 heterocycles. The van der Waals surface area contributed by atoms with Crippen LogP contribution in [-0.2, 0) is 23.8 Å². The van der Waals surface area contributed by atoms with Crippen molar-refractivity contribution in [2.24, 2.45) is 11.8 Å². The normalized spacial score (nSPS) is 23.1. The molecule has 1 aliphatic carbocycles. The van der Waals surface area contributed by atoms with Crippen LogP contribution in [0.3, 0.4) is 0 Å². The number of carbonyl (C=O) groups is 2. The Balaban J connectivity index is 0.000000467. The van der Waals surface area contributed by atoms with Gasteiger partial charge in [-0.2, -0.15) is 0 Å². The lowest BCUT2D eigenvalue weighted by Crippen LogP contribution is -2.25. The Morgan fingerprint density at radius 1 is 1.42 bits per heavy atom. The summed E-state index contributed by atoms with van der Waals surface area (Å²) in [5.41, 5.74) is 0.733. The summed E-state index contributed by atoms with van der Waals surface area (Å²) >= 11 is 0. The van der Waals surface area contributed by atoms with Crippen molar-refractivity contribution in [3.8, 4) is 0 Å². The lowest BCUT2D eigenvalue weighted by molar-refractivity contribution is -0.137. The zero-order valence-corrected chi connectivity index (χ0v) is 11.6. The van der Waals surface area contributed by atoms with Crippen LogP contribution in [0, 0.1) is 11.8 Å². The zero-order chi connectivity index (χ0) is 14.7. The summed E-state index contributed by atoms with van der Waals surface area (Å²) in [6.45, 7) is 1.14. The van der Waals surface area contributed by atoms with Gasteiger partial charge in [-0.1, -0.05) is 6.42 Å². The Kier molecular flexibility index (Phi) is 9.52. The number of methoxy groups -OCH3 is 2. The molecule has 1 N–H and O–H groups in total. The van der Waals surface area contributed by atoms with Crippen LogP contribution in [0.2, 0.25) is 0 Å². The number of fused-ring (bicyclic) bond motifs is 1. The molecule has 19 heavy (non-hydrogen) atoms. The summed E-state index contributed by atoms with van der Waals surface area (Å²) in [4.78, 5) is 20.3. The molecule has 1 fully saturated rings. The van der Waals surface area contributed by atoms with Crippen molar-refractivity contribution in [2.45, 2.75) is 19.3 Å². The summed E-state index contributed by atoms with van der Waals surface area (Å²) in [5.74, 6) is 0.705. The second kappa shape index (κ2) is 10.4. The van der Waals surface area contributed by atoms with Crippen LogP contribution < -0.4 is 0 Å². The minimum atomic E-state index is -0.225. The van der Waals surface area contributed by atoms with E-state index in [1.165, 1.54) is 27.1 Å². The second-order valence-electron chi connectivity index (χ2n) is 4.03. The van der Waals surface area contributed by atoms with Gasteiger partial charge in [0.15, 0.2) is 0 Å². The molecule has 2 rings (SSSR count).